The van der Waals surface area contributed by atoms with E-state index in [1.807, 2.05) is 0 Å². The predicted molar refractivity (Wildman–Crippen MR) is 40.9 cm³/mol. The molecule has 0 radical (unpaired) electrons. The van der Waals surface area contributed by atoms with Crippen molar-refractivity contribution >= 4 is 13.4 Å². The van der Waals surface area contributed by atoms with Crippen LogP contribution in [-0.2, 0) is 0 Å². The highest BCUT2D eigenvalue weighted by Gasteiger charge is 1.91. The Morgan fingerprint density at radius 3 is 2.90 bits per heavy atom. The second-order valence-electron chi connectivity index (χ2n) is 1.85. The molecule has 0 aliphatic carbocycles. The minimum Gasteiger partial charge on any atom is -0.539 e. The SMILES string of the molecule is Nc1cccc(OBO)c1. The molecule has 3 nitrogen and oxygen atoms in total. The highest BCUT2D eigenvalue weighted by Crippen LogP contribution is 2.13. The van der Waals surface area contributed by atoms with Crippen molar-refractivity contribution < 1.29 is 9.68 Å². The number of nitrogens with two attached hydrogens (primary N) is 1. The van der Waals surface area contributed by atoms with Crippen LogP contribution in [-0.4, -0.2) is 12.7 Å². The molecule has 0 atom stereocenters. The van der Waals surface area contributed by atoms with E-state index in [1.165, 1.54) is 0 Å². The maximum absolute atomic E-state index is 8.35. The van der Waals surface area contributed by atoms with E-state index in [0.29, 0.717) is 11.4 Å². The van der Waals surface area contributed by atoms with Gasteiger partial charge in [-0.15, -0.1) is 0 Å². The van der Waals surface area contributed by atoms with E-state index in [0.717, 1.165) is 0 Å². The van der Waals surface area contributed by atoms with Gasteiger partial charge in [-0.25, -0.2) is 0 Å². The summed E-state index contributed by atoms with van der Waals surface area (Å²) in [5.41, 5.74) is 6.06. The lowest BCUT2D eigenvalue weighted by molar-refractivity contribution is 0.454. The lowest BCUT2D eigenvalue weighted by Crippen LogP contribution is -1.99. The van der Waals surface area contributed by atoms with Gasteiger partial charge < -0.3 is 15.4 Å². The van der Waals surface area contributed by atoms with Gasteiger partial charge in [0.1, 0.15) is 5.75 Å². The van der Waals surface area contributed by atoms with Crippen LogP contribution in [0.2, 0.25) is 0 Å². The Bertz CT molecular complexity index is 217. The molecule has 10 heavy (non-hydrogen) atoms. The number of nitrogen functional groups attached to an aromatic ring is 1. The van der Waals surface area contributed by atoms with Gasteiger partial charge in [0.25, 0.3) is 0 Å². The summed E-state index contributed by atoms with van der Waals surface area (Å²) < 4.78 is 4.76. The van der Waals surface area contributed by atoms with E-state index in [-0.39, 0.29) is 7.69 Å². The zero-order valence-corrected chi connectivity index (χ0v) is 5.45. The molecule has 0 saturated carbocycles. The quantitative estimate of drug-likeness (QED) is 0.442. The van der Waals surface area contributed by atoms with Gasteiger partial charge in [0.15, 0.2) is 0 Å². The smallest absolute Gasteiger partial charge is 0.504 e. The molecule has 0 amide bonds. The van der Waals surface area contributed by atoms with Crippen molar-refractivity contribution in [3.63, 3.8) is 0 Å². The number of benzene rings is 1. The summed E-state index contributed by atoms with van der Waals surface area (Å²) in [4.78, 5) is 0. The van der Waals surface area contributed by atoms with Gasteiger partial charge in [0.2, 0.25) is 0 Å². The molecular formula is C6H8BNO2. The van der Waals surface area contributed by atoms with Crippen LogP contribution in [0.5, 0.6) is 5.75 Å². The third-order valence-corrected chi connectivity index (χ3v) is 1.09. The summed E-state index contributed by atoms with van der Waals surface area (Å²) in [5, 5.41) is 8.35. The molecule has 0 spiro atoms. The van der Waals surface area contributed by atoms with E-state index < -0.39 is 0 Å². The lowest BCUT2D eigenvalue weighted by Gasteiger charge is -2.00. The van der Waals surface area contributed by atoms with E-state index in [2.05, 4.69) is 0 Å². The largest absolute Gasteiger partial charge is 0.539 e. The van der Waals surface area contributed by atoms with Crippen molar-refractivity contribution in [2.24, 2.45) is 0 Å². The van der Waals surface area contributed by atoms with Crippen LogP contribution in [0.15, 0.2) is 24.3 Å². The van der Waals surface area contributed by atoms with Gasteiger partial charge >= 0.3 is 7.69 Å². The summed E-state index contributed by atoms with van der Waals surface area (Å²) in [7, 11) is -0.316. The van der Waals surface area contributed by atoms with Gasteiger partial charge in [0, 0.05) is 11.8 Å². The Balaban J connectivity index is 2.75. The molecule has 0 aliphatic rings. The molecule has 0 heterocycles. The Morgan fingerprint density at radius 1 is 1.50 bits per heavy atom. The Kier molecular flexibility index (Phi) is 2.17. The first-order valence-electron chi connectivity index (χ1n) is 2.92. The second kappa shape index (κ2) is 3.13. The fraction of sp³-hybridized carbons (Fsp3) is 0. The van der Waals surface area contributed by atoms with E-state index >= 15 is 0 Å². The van der Waals surface area contributed by atoms with Crippen LogP contribution in [0.3, 0.4) is 0 Å². The average molecular weight is 137 g/mol. The topological polar surface area (TPSA) is 55.5 Å². The zero-order chi connectivity index (χ0) is 7.40. The first-order valence-corrected chi connectivity index (χ1v) is 2.92. The molecule has 0 unspecified atom stereocenters. The molecule has 0 aliphatic heterocycles. The van der Waals surface area contributed by atoms with Crippen LogP contribution < -0.4 is 10.4 Å². The molecule has 0 fully saturated rings. The standard InChI is InChI=1S/C6H8BNO2/c8-5-2-1-3-6(4-5)10-7-9/h1-4,7,9H,8H2. The normalized spacial score (nSPS) is 8.90. The fourth-order valence-corrected chi connectivity index (χ4v) is 0.679. The minimum atomic E-state index is -0.316. The van der Waals surface area contributed by atoms with Crippen molar-refractivity contribution in [3.05, 3.63) is 24.3 Å². The predicted octanol–water partition coefficient (Wildman–Crippen LogP) is -0.0936. The third kappa shape index (κ3) is 1.67. The van der Waals surface area contributed by atoms with E-state index in [4.69, 9.17) is 15.4 Å². The highest BCUT2D eigenvalue weighted by molar-refractivity contribution is 6.17. The van der Waals surface area contributed by atoms with Gasteiger partial charge in [-0.05, 0) is 12.1 Å². The molecule has 52 valence electrons. The third-order valence-electron chi connectivity index (χ3n) is 1.09. The minimum absolute atomic E-state index is 0.316. The van der Waals surface area contributed by atoms with Crippen LogP contribution in [0.4, 0.5) is 5.69 Å². The molecule has 4 heteroatoms. The molecule has 1 rings (SSSR count). The van der Waals surface area contributed by atoms with Crippen molar-refractivity contribution in [2.75, 3.05) is 5.73 Å². The van der Waals surface area contributed by atoms with E-state index in [1.54, 1.807) is 24.3 Å². The Morgan fingerprint density at radius 2 is 2.30 bits per heavy atom. The number of rotatable bonds is 2. The van der Waals surface area contributed by atoms with Crippen molar-refractivity contribution in [1.29, 1.82) is 0 Å². The van der Waals surface area contributed by atoms with E-state index in [9.17, 15) is 0 Å². The molecule has 0 bridgehead atoms. The lowest BCUT2D eigenvalue weighted by atomic mass is 10.3. The summed E-state index contributed by atoms with van der Waals surface area (Å²) in [6, 6.07) is 6.90. The van der Waals surface area contributed by atoms with Crippen molar-refractivity contribution in [3.8, 4) is 5.75 Å². The van der Waals surface area contributed by atoms with Crippen molar-refractivity contribution in [1.82, 2.24) is 0 Å². The van der Waals surface area contributed by atoms with Crippen molar-refractivity contribution in [2.45, 2.75) is 0 Å². The van der Waals surface area contributed by atoms with Crippen LogP contribution >= 0.6 is 0 Å². The maximum atomic E-state index is 8.35. The summed E-state index contributed by atoms with van der Waals surface area (Å²) >= 11 is 0. The van der Waals surface area contributed by atoms with Gasteiger partial charge in [-0.1, -0.05) is 6.07 Å². The molecular weight excluding hydrogens is 129 g/mol. The zero-order valence-electron chi connectivity index (χ0n) is 5.45. The van der Waals surface area contributed by atoms with Crippen LogP contribution in [0, 0.1) is 0 Å². The number of hydrogen-bond acceptors (Lipinski definition) is 3. The average Bonchev–Trinajstić information content (AvgIpc) is 1.88. The maximum Gasteiger partial charge on any atom is 0.504 e. The summed E-state index contributed by atoms with van der Waals surface area (Å²) in [6.07, 6.45) is 0. The summed E-state index contributed by atoms with van der Waals surface area (Å²) in [5.74, 6) is 0.586. The fourth-order valence-electron chi connectivity index (χ4n) is 0.679. The molecule has 3 N–H and O–H groups in total. The van der Waals surface area contributed by atoms with Gasteiger partial charge in [0.05, 0.1) is 0 Å². The Hall–Kier alpha value is -1.16. The highest BCUT2D eigenvalue weighted by atomic mass is 16.5. The Labute approximate surface area is 59.7 Å². The second-order valence-corrected chi connectivity index (χ2v) is 1.85. The molecule has 1 aromatic rings. The number of hydrogen-bond donors (Lipinski definition) is 2. The number of anilines is 1. The van der Waals surface area contributed by atoms with Gasteiger partial charge in [-0.3, -0.25) is 0 Å². The molecule has 0 aromatic heterocycles. The van der Waals surface area contributed by atoms with Gasteiger partial charge in [-0.2, -0.15) is 0 Å². The van der Waals surface area contributed by atoms with Crippen LogP contribution in [0.1, 0.15) is 0 Å². The summed E-state index contributed by atoms with van der Waals surface area (Å²) in [6.45, 7) is 0. The first-order chi connectivity index (χ1) is 4.83. The molecule has 0 saturated heterocycles. The first kappa shape index (κ1) is 6.96. The monoisotopic (exact) mass is 137 g/mol. The molecule has 1 aromatic carbocycles. The van der Waals surface area contributed by atoms with Crippen LogP contribution in [0.25, 0.3) is 0 Å².